The number of carbonyl (C=O) groups is 2. The van der Waals surface area contributed by atoms with Gasteiger partial charge < -0.3 is 9.80 Å². The fourth-order valence-corrected chi connectivity index (χ4v) is 4.30. The molecule has 0 spiro atoms. The minimum Gasteiger partial charge on any atom is -0.336 e. The molecule has 3 aromatic rings. The highest BCUT2D eigenvalue weighted by Gasteiger charge is 2.34. The first-order valence-electron chi connectivity index (χ1n) is 9.89. The molecule has 2 amide bonds. The zero-order valence-electron chi connectivity index (χ0n) is 16.6. The Morgan fingerprint density at radius 3 is 2.53 bits per heavy atom. The van der Waals surface area contributed by atoms with E-state index in [4.69, 9.17) is 23.2 Å². The van der Waals surface area contributed by atoms with E-state index in [0.717, 1.165) is 21.9 Å². The second-order valence-electron chi connectivity index (χ2n) is 7.62. The fraction of sp³-hybridized carbons (Fsp3) is 0.250. The van der Waals surface area contributed by atoms with Crippen LogP contribution in [-0.2, 0) is 22.6 Å². The third-order valence-corrected chi connectivity index (χ3v) is 6.45. The summed E-state index contributed by atoms with van der Waals surface area (Å²) in [5.74, 6) is -0.0869. The Morgan fingerprint density at radius 2 is 1.73 bits per heavy atom. The summed E-state index contributed by atoms with van der Waals surface area (Å²) in [6.07, 6.45) is 0.703. The van der Waals surface area contributed by atoms with Gasteiger partial charge in [0.05, 0.1) is 10.0 Å². The van der Waals surface area contributed by atoms with Crippen LogP contribution in [0.1, 0.15) is 17.5 Å². The number of nitrogens with zero attached hydrogens (tertiary/aromatic N) is 2. The molecule has 0 radical (unpaired) electrons. The lowest BCUT2D eigenvalue weighted by molar-refractivity contribution is -0.140. The molecule has 1 aliphatic rings. The quantitative estimate of drug-likeness (QED) is 0.575. The largest absolute Gasteiger partial charge is 0.336 e. The molecule has 30 heavy (non-hydrogen) atoms. The number of carbonyl (C=O) groups excluding carboxylic acids is 2. The molecule has 4 rings (SSSR count). The Kier molecular flexibility index (Phi) is 5.98. The summed E-state index contributed by atoms with van der Waals surface area (Å²) in [4.78, 5) is 29.4. The van der Waals surface area contributed by atoms with Crippen LogP contribution >= 0.6 is 23.2 Å². The maximum absolute atomic E-state index is 13.5. The number of halogens is 2. The molecule has 1 saturated heterocycles. The van der Waals surface area contributed by atoms with Crippen LogP contribution in [0.5, 0.6) is 0 Å². The smallest absolute Gasteiger partial charge is 0.246 e. The van der Waals surface area contributed by atoms with Crippen molar-refractivity contribution in [2.24, 2.45) is 0 Å². The van der Waals surface area contributed by atoms with Gasteiger partial charge in [0.2, 0.25) is 11.8 Å². The number of hydrogen-bond acceptors (Lipinski definition) is 2. The number of likely N-dealkylation sites (N-methyl/N-ethyl adjacent to an activating group) is 1. The molecular weight excluding hydrogens is 419 g/mol. The summed E-state index contributed by atoms with van der Waals surface area (Å²) in [6, 6.07) is 19.0. The van der Waals surface area contributed by atoms with Gasteiger partial charge in [0.1, 0.15) is 6.04 Å². The average molecular weight is 441 g/mol. The molecule has 0 aromatic heterocycles. The number of benzene rings is 3. The first-order valence-corrected chi connectivity index (χ1v) is 10.6. The first kappa shape index (κ1) is 20.7. The molecule has 0 saturated carbocycles. The van der Waals surface area contributed by atoms with Gasteiger partial charge in [-0.15, -0.1) is 0 Å². The highest BCUT2D eigenvalue weighted by molar-refractivity contribution is 6.42. The molecule has 1 unspecified atom stereocenters. The lowest BCUT2D eigenvalue weighted by atomic mass is 10.0. The minimum absolute atomic E-state index is 0.0335. The minimum atomic E-state index is -0.577. The van der Waals surface area contributed by atoms with Crippen molar-refractivity contribution >= 4 is 45.8 Å². The van der Waals surface area contributed by atoms with Crippen LogP contribution in [0, 0.1) is 0 Å². The molecular formula is C24H22Cl2N2O2. The average Bonchev–Trinajstić information content (AvgIpc) is 2.84. The van der Waals surface area contributed by atoms with Crippen LogP contribution in [0.15, 0.2) is 60.7 Å². The predicted molar refractivity (Wildman–Crippen MR) is 121 cm³/mol. The van der Waals surface area contributed by atoms with Crippen molar-refractivity contribution in [1.29, 1.82) is 0 Å². The molecule has 0 bridgehead atoms. The lowest BCUT2D eigenvalue weighted by Crippen LogP contribution is -2.46. The number of rotatable bonds is 4. The second-order valence-corrected chi connectivity index (χ2v) is 8.44. The second kappa shape index (κ2) is 8.66. The van der Waals surface area contributed by atoms with Crippen molar-refractivity contribution in [2.75, 3.05) is 13.6 Å². The molecule has 1 fully saturated rings. The Morgan fingerprint density at radius 1 is 0.967 bits per heavy atom. The molecule has 1 atom stereocenters. The molecule has 1 heterocycles. The lowest BCUT2D eigenvalue weighted by Gasteiger charge is -2.28. The van der Waals surface area contributed by atoms with E-state index in [9.17, 15) is 9.59 Å². The summed E-state index contributed by atoms with van der Waals surface area (Å²) >= 11 is 12.2. The van der Waals surface area contributed by atoms with Gasteiger partial charge in [0, 0.05) is 33.0 Å². The third kappa shape index (κ3) is 4.16. The van der Waals surface area contributed by atoms with Crippen LogP contribution < -0.4 is 0 Å². The zero-order chi connectivity index (χ0) is 21.3. The van der Waals surface area contributed by atoms with E-state index >= 15 is 0 Å². The predicted octanol–water partition coefficient (Wildman–Crippen LogP) is 4.95. The fourth-order valence-electron chi connectivity index (χ4n) is 3.97. The monoisotopic (exact) mass is 440 g/mol. The van der Waals surface area contributed by atoms with Crippen molar-refractivity contribution in [1.82, 2.24) is 9.80 Å². The molecule has 0 aliphatic carbocycles. The highest BCUT2D eigenvalue weighted by Crippen LogP contribution is 2.26. The van der Waals surface area contributed by atoms with Gasteiger partial charge in [-0.25, -0.2) is 0 Å². The first-order chi connectivity index (χ1) is 14.4. The van der Waals surface area contributed by atoms with Crippen molar-refractivity contribution in [3.05, 3.63) is 81.8 Å². The summed E-state index contributed by atoms with van der Waals surface area (Å²) < 4.78 is 0. The molecule has 1 aliphatic heterocycles. The van der Waals surface area contributed by atoms with Crippen LogP contribution in [-0.4, -0.2) is 41.2 Å². The van der Waals surface area contributed by atoms with Gasteiger partial charge in [-0.2, -0.15) is 0 Å². The Balaban J connectivity index is 1.63. The molecule has 154 valence electrons. The van der Waals surface area contributed by atoms with E-state index in [2.05, 4.69) is 18.2 Å². The van der Waals surface area contributed by atoms with Crippen LogP contribution in [0.25, 0.3) is 10.8 Å². The third-order valence-electron chi connectivity index (χ3n) is 5.71. The maximum Gasteiger partial charge on any atom is 0.246 e. The van der Waals surface area contributed by atoms with Gasteiger partial charge in [0.25, 0.3) is 0 Å². The summed E-state index contributed by atoms with van der Waals surface area (Å²) in [6.45, 7) is 0.877. The SMILES string of the molecule is CN1C(=O)CCN(Cc2cccc3ccccc23)C(=O)C1Cc1ccc(Cl)c(Cl)c1. The van der Waals surface area contributed by atoms with Gasteiger partial charge in [-0.3, -0.25) is 9.59 Å². The molecule has 4 nitrogen and oxygen atoms in total. The summed E-state index contributed by atoms with van der Waals surface area (Å²) in [5, 5.41) is 3.17. The topological polar surface area (TPSA) is 40.6 Å². The van der Waals surface area contributed by atoms with Gasteiger partial charge >= 0.3 is 0 Å². The normalized spacial score (nSPS) is 17.5. The van der Waals surface area contributed by atoms with E-state index in [1.54, 1.807) is 29.0 Å². The van der Waals surface area contributed by atoms with Crippen LogP contribution in [0.3, 0.4) is 0 Å². The number of fused-ring (bicyclic) bond motifs is 1. The van der Waals surface area contributed by atoms with E-state index in [1.807, 2.05) is 30.3 Å². The van der Waals surface area contributed by atoms with Crippen LogP contribution in [0.4, 0.5) is 0 Å². The molecule has 3 aromatic carbocycles. The van der Waals surface area contributed by atoms with Crippen LogP contribution in [0.2, 0.25) is 10.0 Å². The highest BCUT2D eigenvalue weighted by atomic mass is 35.5. The van der Waals surface area contributed by atoms with E-state index < -0.39 is 6.04 Å². The van der Waals surface area contributed by atoms with Gasteiger partial charge in [0.15, 0.2) is 0 Å². The molecule has 6 heteroatoms. The van der Waals surface area contributed by atoms with Gasteiger partial charge in [-0.05, 0) is 34.0 Å². The Labute approximate surface area is 186 Å². The van der Waals surface area contributed by atoms with E-state index in [-0.39, 0.29) is 11.8 Å². The summed E-state index contributed by atoms with van der Waals surface area (Å²) in [5.41, 5.74) is 1.95. The van der Waals surface area contributed by atoms with Crippen molar-refractivity contribution in [3.63, 3.8) is 0 Å². The maximum atomic E-state index is 13.5. The van der Waals surface area contributed by atoms with E-state index in [0.29, 0.717) is 36.0 Å². The van der Waals surface area contributed by atoms with Gasteiger partial charge in [-0.1, -0.05) is 71.7 Å². The van der Waals surface area contributed by atoms with Crippen molar-refractivity contribution in [3.8, 4) is 0 Å². The van der Waals surface area contributed by atoms with Crippen molar-refractivity contribution in [2.45, 2.75) is 25.4 Å². The Bertz CT molecular complexity index is 1110. The number of hydrogen-bond donors (Lipinski definition) is 0. The summed E-state index contributed by atoms with van der Waals surface area (Å²) in [7, 11) is 1.70. The zero-order valence-corrected chi connectivity index (χ0v) is 18.2. The van der Waals surface area contributed by atoms with E-state index in [1.165, 1.54) is 0 Å². The Hall–Kier alpha value is -2.56. The number of amides is 2. The molecule has 0 N–H and O–H groups in total. The standard InChI is InChI=1S/C24H22Cl2N2O2/c1-27-22(14-16-9-10-20(25)21(26)13-16)24(30)28(12-11-23(27)29)15-18-7-4-6-17-5-2-3-8-19(17)18/h2-10,13,22H,11-12,14-15H2,1H3. The van der Waals surface area contributed by atoms with Crippen molar-refractivity contribution < 1.29 is 9.59 Å².